The first kappa shape index (κ1) is 24.7. The minimum absolute atomic E-state index is 0.102. The molecule has 39 heavy (non-hydrogen) atoms. The normalized spacial score (nSPS) is 13.9. The number of phenols is 1. The molecule has 0 saturated heterocycles. The predicted molar refractivity (Wildman–Crippen MR) is 139 cm³/mol. The highest BCUT2D eigenvalue weighted by Crippen LogP contribution is 2.37. The van der Waals surface area contributed by atoms with Crippen LogP contribution < -0.4 is 10.1 Å². The Kier molecular flexibility index (Phi) is 5.86. The van der Waals surface area contributed by atoms with E-state index in [0.717, 1.165) is 23.9 Å². The molecule has 0 spiro atoms. The third-order valence-corrected chi connectivity index (χ3v) is 6.59. The summed E-state index contributed by atoms with van der Waals surface area (Å²) in [6, 6.07) is 9.82. The van der Waals surface area contributed by atoms with Crippen molar-refractivity contribution in [3.8, 4) is 34.3 Å². The third-order valence-electron chi connectivity index (χ3n) is 6.59. The summed E-state index contributed by atoms with van der Waals surface area (Å²) in [5.41, 5.74) is 2.23. The van der Waals surface area contributed by atoms with Gasteiger partial charge in [0.1, 0.15) is 29.8 Å². The van der Waals surface area contributed by atoms with Gasteiger partial charge in [0.05, 0.1) is 11.7 Å². The Hall–Kier alpha value is -4.67. The van der Waals surface area contributed by atoms with Crippen molar-refractivity contribution in [2.75, 3.05) is 18.5 Å². The van der Waals surface area contributed by atoms with E-state index < -0.39 is 23.0 Å². The molecule has 1 aliphatic heterocycles. The molecule has 8 nitrogen and oxygen atoms in total. The van der Waals surface area contributed by atoms with Gasteiger partial charge in [0.15, 0.2) is 22.8 Å². The molecule has 2 aromatic carbocycles. The van der Waals surface area contributed by atoms with Gasteiger partial charge in [-0.15, -0.1) is 0 Å². The summed E-state index contributed by atoms with van der Waals surface area (Å²) >= 11 is 0. The van der Waals surface area contributed by atoms with Crippen molar-refractivity contribution < 1.29 is 23.0 Å². The summed E-state index contributed by atoms with van der Waals surface area (Å²) in [5, 5.41) is 13.6. The van der Waals surface area contributed by atoms with Crippen LogP contribution in [0.5, 0.6) is 11.8 Å². The molecule has 0 fully saturated rings. The van der Waals surface area contributed by atoms with Crippen LogP contribution in [0.3, 0.4) is 0 Å². The molecule has 0 amide bonds. The zero-order valence-electron chi connectivity index (χ0n) is 21.0. The second-order valence-electron chi connectivity index (χ2n) is 9.94. The maximum atomic E-state index is 14.4. The van der Waals surface area contributed by atoms with Crippen molar-refractivity contribution in [2.24, 2.45) is 0 Å². The highest BCUT2D eigenvalue weighted by atomic mass is 19.1. The largest absolute Gasteiger partial charge is 0.507 e. The number of phenolic OH excluding ortho intramolecular Hbond substituents is 1. The van der Waals surface area contributed by atoms with Gasteiger partial charge in [-0.25, -0.2) is 23.1 Å². The number of hydrogen-bond acceptors (Lipinski definition) is 7. The fourth-order valence-corrected chi connectivity index (χ4v) is 4.66. The van der Waals surface area contributed by atoms with Crippen molar-refractivity contribution in [3.05, 3.63) is 77.9 Å². The lowest BCUT2D eigenvalue weighted by atomic mass is 10.00. The SMILES string of the molecule is CC1(C)COc2nc3c(NCCc4ccc(O)c(-c5ccc(F)cc5F)c4)nc(-c4cncc(F)c4)nc3n21. The van der Waals surface area contributed by atoms with Gasteiger partial charge in [0.25, 0.3) is 6.01 Å². The highest BCUT2D eigenvalue weighted by molar-refractivity contribution is 5.86. The van der Waals surface area contributed by atoms with Gasteiger partial charge in [0.2, 0.25) is 0 Å². The topological polar surface area (TPSA) is 98.0 Å². The van der Waals surface area contributed by atoms with E-state index in [2.05, 4.69) is 25.3 Å². The number of rotatable bonds is 6. The summed E-state index contributed by atoms with van der Waals surface area (Å²) in [5.74, 6) is -1.36. The average molecular weight is 533 g/mol. The Morgan fingerprint density at radius 1 is 0.974 bits per heavy atom. The molecule has 198 valence electrons. The lowest BCUT2D eigenvalue weighted by molar-refractivity contribution is 0.268. The Morgan fingerprint density at radius 3 is 2.62 bits per heavy atom. The smallest absolute Gasteiger partial charge is 0.299 e. The van der Waals surface area contributed by atoms with Crippen molar-refractivity contribution >= 4 is 17.0 Å². The van der Waals surface area contributed by atoms with E-state index in [1.54, 1.807) is 12.1 Å². The Bertz CT molecular complexity index is 1740. The molecule has 0 unspecified atom stereocenters. The first-order valence-corrected chi connectivity index (χ1v) is 12.3. The van der Waals surface area contributed by atoms with Crippen molar-refractivity contribution in [1.82, 2.24) is 24.5 Å². The van der Waals surface area contributed by atoms with Crippen LogP contribution in [0, 0.1) is 17.5 Å². The molecule has 1 aliphatic rings. The number of aromatic hydroxyl groups is 1. The fraction of sp³-hybridized carbons (Fsp3) is 0.214. The number of hydrogen-bond donors (Lipinski definition) is 2. The molecular weight excluding hydrogens is 509 g/mol. The number of aromatic nitrogens is 5. The van der Waals surface area contributed by atoms with E-state index in [9.17, 15) is 18.3 Å². The number of nitrogens with zero attached hydrogens (tertiary/aromatic N) is 5. The zero-order chi connectivity index (χ0) is 27.3. The molecule has 0 bridgehead atoms. The minimum Gasteiger partial charge on any atom is -0.507 e. The molecule has 0 radical (unpaired) electrons. The molecule has 5 aromatic rings. The van der Waals surface area contributed by atoms with Crippen LogP contribution in [0.2, 0.25) is 0 Å². The van der Waals surface area contributed by atoms with Gasteiger partial charge < -0.3 is 15.2 Å². The number of benzene rings is 2. The van der Waals surface area contributed by atoms with Crippen LogP contribution in [0.1, 0.15) is 19.4 Å². The maximum absolute atomic E-state index is 14.4. The quantitative estimate of drug-likeness (QED) is 0.300. The van der Waals surface area contributed by atoms with Gasteiger partial charge in [0, 0.05) is 35.5 Å². The molecule has 3 aromatic heterocycles. The summed E-state index contributed by atoms with van der Waals surface area (Å²) in [7, 11) is 0. The third kappa shape index (κ3) is 4.49. The average Bonchev–Trinajstić information content (AvgIpc) is 3.42. The number of anilines is 1. The van der Waals surface area contributed by atoms with Crippen molar-refractivity contribution in [1.29, 1.82) is 0 Å². The number of nitrogens with one attached hydrogen (secondary N) is 1. The van der Waals surface area contributed by atoms with Gasteiger partial charge in [-0.2, -0.15) is 4.98 Å². The molecule has 11 heteroatoms. The number of imidazole rings is 1. The Morgan fingerprint density at radius 2 is 1.82 bits per heavy atom. The van der Waals surface area contributed by atoms with Crippen LogP contribution >= 0.6 is 0 Å². The van der Waals surface area contributed by atoms with Gasteiger partial charge in [-0.1, -0.05) is 6.07 Å². The molecule has 4 heterocycles. The first-order valence-electron chi connectivity index (χ1n) is 12.3. The molecule has 6 rings (SSSR count). The second-order valence-corrected chi connectivity index (χ2v) is 9.94. The molecular formula is C28H23F3N6O2. The molecule has 0 saturated carbocycles. The van der Waals surface area contributed by atoms with Gasteiger partial charge >= 0.3 is 0 Å². The lowest BCUT2D eigenvalue weighted by Crippen LogP contribution is -2.25. The lowest BCUT2D eigenvalue weighted by Gasteiger charge is -2.18. The van der Waals surface area contributed by atoms with Crippen molar-refractivity contribution in [3.63, 3.8) is 0 Å². The van der Waals surface area contributed by atoms with E-state index in [4.69, 9.17) is 4.74 Å². The molecule has 2 N–H and O–H groups in total. The summed E-state index contributed by atoms with van der Waals surface area (Å²) in [4.78, 5) is 17.8. The van der Waals surface area contributed by atoms with Crippen LogP contribution in [0.4, 0.5) is 19.0 Å². The van der Waals surface area contributed by atoms with Crippen molar-refractivity contribution in [2.45, 2.75) is 25.8 Å². The number of ether oxygens (including phenoxy) is 1. The van der Waals surface area contributed by atoms with Gasteiger partial charge in [-0.05, 0) is 56.2 Å². The van der Waals surface area contributed by atoms with E-state index in [1.807, 2.05) is 18.4 Å². The fourth-order valence-electron chi connectivity index (χ4n) is 4.66. The highest BCUT2D eigenvalue weighted by Gasteiger charge is 2.36. The summed E-state index contributed by atoms with van der Waals surface area (Å²) in [6.45, 7) is 4.85. The van der Waals surface area contributed by atoms with Crippen LogP contribution in [-0.2, 0) is 12.0 Å². The maximum Gasteiger partial charge on any atom is 0.299 e. The Labute approximate surface area is 221 Å². The van der Waals surface area contributed by atoms with E-state index >= 15 is 0 Å². The predicted octanol–water partition coefficient (Wildman–Crippen LogP) is 5.46. The summed E-state index contributed by atoms with van der Waals surface area (Å²) in [6.07, 6.45) is 3.08. The molecule has 0 atom stereocenters. The second kappa shape index (κ2) is 9.26. The molecule has 0 aliphatic carbocycles. The minimum atomic E-state index is -0.763. The number of pyridine rings is 1. The Balaban J connectivity index is 1.33. The van der Waals surface area contributed by atoms with Crippen LogP contribution in [0.25, 0.3) is 33.7 Å². The standard InChI is InChI=1S/C28H23F3N6O2/c1-28(2)14-39-27-34-23-25(35-24(36-26(23)37(27)28)16-10-18(30)13-32-12-16)33-8-7-15-3-6-22(38)20(9-15)19-5-4-17(29)11-21(19)31/h3-6,9-13,38H,7-8,14H2,1-2H3,(H,33,35,36). The van der Waals surface area contributed by atoms with E-state index in [0.29, 0.717) is 48.1 Å². The zero-order valence-corrected chi connectivity index (χ0v) is 21.0. The number of fused-ring (bicyclic) bond motifs is 3. The van der Waals surface area contributed by atoms with Crippen LogP contribution in [0.15, 0.2) is 54.9 Å². The number of halogens is 3. The van der Waals surface area contributed by atoms with E-state index in [-0.39, 0.29) is 22.7 Å². The van der Waals surface area contributed by atoms with E-state index in [1.165, 1.54) is 24.4 Å². The van der Waals surface area contributed by atoms with Crippen LogP contribution in [-0.4, -0.2) is 42.8 Å². The summed E-state index contributed by atoms with van der Waals surface area (Å²) < 4.78 is 49.4. The van der Waals surface area contributed by atoms with Gasteiger partial charge in [-0.3, -0.25) is 9.55 Å². The first-order chi connectivity index (χ1) is 18.7. The monoisotopic (exact) mass is 532 g/mol.